The molecule has 0 aromatic carbocycles. The maximum atomic E-state index is 12.1. The number of hydrogen-bond acceptors (Lipinski definition) is 5. The van der Waals surface area contributed by atoms with Crippen LogP contribution in [0.2, 0.25) is 0 Å². The van der Waals surface area contributed by atoms with Crippen molar-refractivity contribution in [2.75, 3.05) is 18.9 Å². The molecule has 0 saturated carbocycles. The van der Waals surface area contributed by atoms with E-state index in [9.17, 15) is 9.59 Å². The summed E-state index contributed by atoms with van der Waals surface area (Å²) >= 11 is 0. The second-order valence-electron chi connectivity index (χ2n) is 4.67. The lowest BCUT2D eigenvalue weighted by Gasteiger charge is -2.17. The van der Waals surface area contributed by atoms with E-state index in [0.717, 1.165) is 6.42 Å². The molecule has 1 amide bonds. The first-order chi connectivity index (χ1) is 9.97. The monoisotopic (exact) mass is 296 g/mol. The molecule has 3 N–H and O–H groups in total. The Morgan fingerprint density at radius 2 is 2.05 bits per heavy atom. The summed E-state index contributed by atoms with van der Waals surface area (Å²) in [5.74, 6) is 0.0508. The molecule has 7 nitrogen and oxygen atoms in total. The van der Waals surface area contributed by atoms with Gasteiger partial charge < -0.3 is 20.4 Å². The predicted molar refractivity (Wildman–Crippen MR) is 80.0 cm³/mol. The van der Waals surface area contributed by atoms with Gasteiger partial charge in [0.25, 0.3) is 0 Å². The third-order valence-electron chi connectivity index (χ3n) is 3.12. The van der Waals surface area contributed by atoms with Crippen molar-refractivity contribution in [3.8, 4) is 0 Å². The second-order valence-corrected chi connectivity index (χ2v) is 4.67. The second kappa shape index (κ2) is 7.66. The SMILES string of the molecule is CCCNC(=O)C(C)n1c(CC)nc(C(=O)OCC)c1N. The third-order valence-corrected chi connectivity index (χ3v) is 3.12. The summed E-state index contributed by atoms with van der Waals surface area (Å²) in [6.07, 6.45) is 1.42. The van der Waals surface area contributed by atoms with E-state index in [1.165, 1.54) is 0 Å². The molecule has 0 spiro atoms. The van der Waals surface area contributed by atoms with Crippen LogP contribution in [0.15, 0.2) is 0 Å². The number of imidazole rings is 1. The lowest BCUT2D eigenvalue weighted by molar-refractivity contribution is -0.123. The first-order valence-electron chi connectivity index (χ1n) is 7.29. The van der Waals surface area contributed by atoms with Gasteiger partial charge in [0, 0.05) is 13.0 Å². The zero-order valence-corrected chi connectivity index (χ0v) is 13.1. The Morgan fingerprint density at radius 3 is 2.57 bits per heavy atom. The summed E-state index contributed by atoms with van der Waals surface area (Å²) in [5, 5.41) is 2.81. The highest BCUT2D eigenvalue weighted by Gasteiger charge is 2.26. The van der Waals surface area contributed by atoms with Crippen LogP contribution in [0.5, 0.6) is 0 Å². The molecule has 1 rings (SSSR count). The summed E-state index contributed by atoms with van der Waals surface area (Å²) in [6, 6.07) is -0.526. The van der Waals surface area contributed by atoms with Gasteiger partial charge in [0.2, 0.25) is 5.91 Å². The Hall–Kier alpha value is -2.05. The number of aryl methyl sites for hydroxylation is 1. The van der Waals surface area contributed by atoms with Gasteiger partial charge in [-0.1, -0.05) is 13.8 Å². The van der Waals surface area contributed by atoms with Crippen LogP contribution in [0, 0.1) is 0 Å². The van der Waals surface area contributed by atoms with Gasteiger partial charge in [0.15, 0.2) is 5.69 Å². The molecule has 0 fully saturated rings. The number of nitrogens with two attached hydrogens (primary N) is 1. The maximum absolute atomic E-state index is 12.1. The molecule has 0 aliphatic carbocycles. The topological polar surface area (TPSA) is 99.2 Å². The molecule has 0 aliphatic heterocycles. The van der Waals surface area contributed by atoms with Crippen molar-refractivity contribution in [3.05, 3.63) is 11.5 Å². The Kier molecular flexibility index (Phi) is 6.20. The zero-order chi connectivity index (χ0) is 16.0. The Morgan fingerprint density at radius 1 is 1.38 bits per heavy atom. The van der Waals surface area contributed by atoms with E-state index in [0.29, 0.717) is 18.8 Å². The molecule has 7 heteroatoms. The Labute approximate surface area is 124 Å². The number of nitrogens with zero attached hydrogens (tertiary/aromatic N) is 2. The highest BCUT2D eigenvalue weighted by molar-refractivity contribution is 5.93. The fraction of sp³-hybridized carbons (Fsp3) is 0.643. The van der Waals surface area contributed by atoms with E-state index in [-0.39, 0.29) is 24.0 Å². The van der Waals surface area contributed by atoms with Crippen molar-refractivity contribution in [3.63, 3.8) is 0 Å². The van der Waals surface area contributed by atoms with E-state index in [2.05, 4.69) is 10.3 Å². The van der Waals surface area contributed by atoms with Crippen LogP contribution in [0.25, 0.3) is 0 Å². The van der Waals surface area contributed by atoms with E-state index >= 15 is 0 Å². The number of ether oxygens (including phenoxy) is 1. The number of carbonyl (C=O) groups is 2. The minimum absolute atomic E-state index is 0.0730. The van der Waals surface area contributed by atoms with E-state index < -0.39 is 12.0 Å². The zero-order valence-electron chi connectivity index (χ0n) is 13.1. The van der Waals surface area contributed by atoms with Crippen LogP contribution < -0.4 is 11.1 Å². The number of nitrogens with one attached hydrogen (secondary N) is 1. The molecule has 118 valence electrons. The standard InChI is InChI=1S/C14H24N4O3/c1-5-8-16-13(19)9(4)18-10(6-2)17-11(12(18)15)14(20)21-7-3/h9H,5-8,15H2,1-4H3,(H,16,19). The highest BCUT2D eigenvalue weighted by atomic mass is 16.5. The first kappa shape index (κ1) is 17.0. The van der Waals surface area contributed by atoms with Gasteiger partial charge in [-0.05, 0) is 20.3 Å². The number of esters is 1. The van der Waals surface area contributed by atoms with Crippen LogP contribution in [-0.2, 0) is 16.0 Å². The van der Waals surface area contributed by atoms with Crippen molar-refractivity contribution in [1.29, 1.82) is 0 Å². The van der Waals surface area contributed by atoms with Gasteiger partial charge in [-0.3, -0.25) is 4.79 Å². The van der Waals surface area contributed by atoms with E-state index in [1.807, 2.05) is 13.8 Å². The van der Waals surface area contributed by atoms with Crippen LogP contribution in [0.1, 0.15) is 56.5 Å². The van der Waals surface area contributed by atoms with Gasteiger partial charge in [-0.15, -0.1) is 0 Å². The molecule has 0 aliphatic rings. The minimum Gasteiger partial charge on any atom is -0.461 e. The summed E-state index contributed by atoms with van der Waals surface area (Å²) in [7, 11) is 0. The number of anilines is 1. The summed E-state index contributed by atoms with van der Waals surface area (Å²) in [6.45, 7) is 8.17. The third kappa shape index (κ3) is 3.74. The molecule has 1 unspecified atom stereocenters. The van der Waals surface area contributed by atoms with Crippen molar-refractivity contribution in [2.24, 2.45) is 0 Å². The fourth-order valence-corrected chi connectivity index (χ4v) is 2.04. The molecule has 1 atom stereocenters. The summed E-state index contributed by atoms with van der Waals surface area (Å²) in [5.41, 5.74) is 6.07. The number of amides is 1. The number of rotatable bonds is 7. The number of hydrogen-bond donors (Lipinski definition) is 2. The van der Waals surface area contributed by atoms with Crippen molar-refractivity contribution in [2.45, 2.75) is 46.6 Å². The molecule has 1 heterocycles. The average Bonchev–Trinajstić information content (AvgIpc) is 2.81. The largest absolute Gasteiger partial charge is 0.461 e. The first-order valence-corrected chi connectivity index (χ1v) is 7.29. The molecular weight excluding hydrogens is 272 g/mol. The molecule has 0 saturated heterocycles. The van der Waals surface area contributed by atoms with E-state index in [1.54, 1.807) is 18.4 Å². The highest BCUT2D eigenvalue weighted by Crippen LogP contribution is 2.22. The summed E-state index contributed by atoms with van der Waals surface area (Å²) < 4.78 is 6.53. The predicted octanol–water partition coefficient (Wildman–Crippen LogP) is 1.29. The van der Waals surface area contributed by atoms with Crippen LogP contribution in [0.3, 0.4) is 0 Å². The quantitative estimate of drug-likeness (QED) is 0.739. The Bertz CT molecular complexity index is 511. The number of nitrogen functional groups attached to an aromatic ring is 1. The summed E-state index contributed by atoms with van der Waals surface area (Å²) in [4.78, 5) is 28.1. The average molecular weight is 296 g/mol. The van der Waals surface area contributed by atoms with Gasteiger partial charge in [-0.25, -0.2) is 9.78 Å². The van der Waals surface area contributed by atoms with Gasteiger partial charge in [-0.2, -0.15) is 0 Å². The smallest absolute Gasteiger partial charge is 0.360 e. The molecular formula is C14H24N4O3. The Balaban J connectivity index is 3.11. The van der Waals surface area contributed by atoms with Gasteiger partial charge in [0.1, 0.15) is 17.7 Å². The van der Waals surface area contributed by atoms with Gasteiger partial charge >= 0.3 is 5.97 Å². The minimum atomic E-state index is -0.565. The normalized spacial score (nSPS) is 12.0. The van der Waals surface area contributed by atoms with Crippen LogP contribution in [-0.4, -0.2) is 34.6 Å². The maximum Gasteiger partial charge on any atom is 0.360 e. The van der Waals surface area contributed by atoms with Crippen molar-refractivity contribution >= 4 is 17.7 Å². The molecule has 1 aromatic rings. The number of carbonyl (C=O) groups excluding carboxylic acids is 2. The fourth-order valence-electron chi connectivity index (χ4n) is 2.04. The van der Waals surface area contributed by atoms with Crippen molar-refractivity contribution in [1.82, 2.24) is 14.9 Å². The molecule has 1 aromatic heterocycles. The van der Waals surface area contributed by atoms with Gasteiger partial charge in [0.05, 0.1) is 6.61 Å². The van der Waals surface area contributed by atoms with Crippen molar-refractivity contribution < 1.29 is 14.3 Å². The molecule has 21 heavy (non-hydrogen) atoms. The lowest BCUT2D eigenvalue weighted by Crippen LogP contribution is -2.32. The molecule has 0 bridgehead atoms. The van der Waals surface area contributed by atoms with Crippen LogP contribution in [0.4, 0.5) is 5.82 Å². The van der Waals surface area contributed by atoms with Crippen LogP contribution >= 0.6 is 0 Å². The van der Waals surface area contributed by atoms with E-state index in [4.69, 9.17) is 10.5 Å². The molecule has 0 radical (unpaired) electrons. The lowest BCUT2D eigenvalue weighted by atomic mass is 10.2. The number of aromatic nitrogens is 2.